The molecule has 1 atom stereocenters. The number of benzene rings is 9. The van der Waals surface area contributed by atoms with Crippen LogP contribution < -0.4 is 4.90 Å². The van der Waals surface area contributed by atoms with Crippen LogP contribution in [0.3, 0.4) is 0 Å². The molecule has 266 valence electrons. The molecule has 1 unspecified atom stereocenters. The standard InChI is InChI=1S/C55H35NO/c1-2-15-40(16-3-1)56(42-32-27-38(28-33-42)44-21-12-14-37-13-4-5-17-43(37)44)41-30-25-36(26-31-41)39-29-34-51-48(35-39)45-18-6-9-22-49(45)55(51)50-23-10-7-19-46(50)54-53(55)47-20-8-11-24-52(47)57-54/h1-35H. The second kappa shape index (κ2) is 12.3. The lowest BCUT2D eigenvalue weighted by molar-refractivity contribution is 0.628. The first-order chi connectivity index (χ1) is 28.3. The summed E-state index contributed by atoms with van der Waals surface area (Å²) in [5.74, 6) is 0.986. The van der Waals surface area contributed by atoms with Crippen LogP contribution in [-0.2, 0) is 5.41 Å². The van der Waals surface area contributed by atoms with E-state index in [4.69, 9.17) is 4.42 Å². The Kier molecular flexibility index (Phi) is 6.88. The minimum atomic E-state index is -0.452. The summed E-state index contributed by atoms with van der Waals surface area (Å²) in [6, 6.07) is 77.2. The van der Waals surface area contributed by atoms with Crippen LogP contribution in [0.2, 0.25) is 0 Å². The van der Waals surface area contributed by atoms with Crippen molar-refractivity contribution in [2.75, 3.05) is 4.90 Å². The maximum Gasteiger partial charge on any atom is 0.140 e. The molecule has 9 aromatic carbocycles. The predicted octanol–water partition coefficient (Wildman–Crippen LogP) is 14.7. The quantitative estimate of drug-likeness (QED) is 0.176. The molecule has 0 N–H and O–H groups in total. The molecule has 2 aliphatic rings. The Morgan fingerprint density at radius 1 is 0.351 bits per heavy atom. The van der Waals surface area contributed by atoms with E-state index in [1.54, 1.807) is 0 Å². The lowest BCUT2D eigenvalue weighted by Crippen LogP contribution is -2.25. The van der Waals surface area contributed by atoms with Crippen molar-refractivity contribution in [3.05, 3.63) is 235 Å². The Morgan fingerprint density at radius 3 is 1.68 bits per heavy atom. The van der Waals surface area contributed by atoms with Gasteiger partial charge in [0, 0.05) is 33.6 Å². The average Bonchev–Trinajstić information content (AvgIpc) is 3.91. The van der Waals surface area contributed by atoms with Gasteiger partial charge in [0.1, 0.15) is 11.3 Å². The molecule has 2 heteroatoms. The molecule has 12 rings (SSSR count). The minimum Gasteiger partial charge on any atom is -0.456 e. The van der Waals surface area contributed by atoms with Crippen LogP contribution in [0.5, 0.6) is 0 Å². The van der Waals surface area contributed by atoms with Gasteiger partial charge in [0.15, 0.2) is 0 Å². The van der Waals surface area contributed by atoms with Gasteiger partial charge >= 0.3 is 0 Å². The van der Waals surface area contributed by atoms with E-state index >= 15 is 0 Å². The highest BCUT2D eigenvalue weighted by Crippen LogP contribution is 2.65. The molecular formula is C55H35NO. The molecular weight excluding hydrogens is 691 g/mol. The van der Waals surface area contributed by atoms with E-state index in [9.17, 15) is 0 Å². The molecule has 0 saturated carbocycles. The maximum absolute atomic E-state index is 6.68. The molecule has 2 nitrogen and oxygen atoms in total. The zero-order chi connectivity index (χ0) is 37.5. The number of hydrogen-bond acceptors (Lipinski definition) is 2. The highest BCUT2D eigenvalue weighted by atomic mass is 16.3. The van der Waals surface area contributed by atoms with E-state index in [0.717, 1.165) is 28.4 Å². The van der Waals surface area contributed by atoms with Gasteiger partial charge in [-0.05, 0) is 109 Å². The van der Waals surface area contributed by atoms with Crippen LogP contribution in [-0.4, -0.2) is 0 Å². The van der Waals surface area contributed by atoms with Crippen molar-refractivity contribution in [1.29, 1.82) is 0 Å². The summed E-state index contributed by atoms with van der Waals surface area (Å²) in [5, 5.41) is 3.69. The van der Waals surface area contributed by atoms with Crippen LogP contribution in [0.4, 0.5) is 17.1 Å². The SMILES string of the molecule is c1ccc(N(c2ccc(-c3ccc4c(c3)-c3ccccc3C43c4ccccc4-c4oc5ccccc5c43)cc2)c2ccc(-c3cccc4ccccc34)cc2)cc1. The fraction of sp³-hybridized carbons (Fsp3) is 0.0182. The molecule has 1 heterocycles. The van der Waals surface area contributed by atoms with Crippen molar-refractivity contribution < 1.29 is 4.42 Å². The number of hydrogen-bond donors (Lipinski definition) is 0. The third-order valence-corrected chi connectivity index (χ3v) is 12.3. The molecule has 0 saturated heterocycles. The minimum absolute atomic E-state index is 0.452. The zero-order valence-electron chi connectivity index (χ0n) is 31.1. The summed E-state index contributed by atoms with van der Waals surface area (Å²) in [4.78, 5) is 2.34. The number of furan rings is 1. The van der Waals surface area contributed by atoms with Crippen molar-refractivity contribution in [3.8, 4) is 44.7 Å². The van der Waals surface area contributed by atoms with Crippen LogP contribution in [0, 0.1) is 0 Å². The fourth-order valence-corrected chi connectivity index (χ4v) is 9.87. The van der Waals surface area contributed by atoms with Crippen molar-refractivity contribution >= 4 is 38.8 Å². The van der Waals surface area contributed by atoms with Crippen LogP contribution >= 0.6 is 0 Å². The highest BCUT2D eigenvalue weighted by Gasteiger charge is 2.54. The topological polar surface area (TPSA) is 16.4 Å². The highest BCUT2D eigenvalue weighted by molar-refractivity contribution is 6.02. The van der Waals surface area contributed by atoms with E-state index < -0.39 is 5.41 Å². The molecule has 10 aromatic rings. The lowest BCUT2D eigenvalue weighted by atomic mass is 9.70. The third-order valence-electron chi connectivity index (χ3n) is 12.3. The molecule has 0 radical (unpaired) electrons. The van der Waals surface area contributed by atoms with Gasteiger partial charge < -0.3 is 9.32 Å². The van der Waals surface area contributed by atoms with Gasteiger partial charge in [0.2, 0.25) is 0 Å². The molecule has 57 heavy (non-hydrogen) atoms. The van der Waals surface area contributed by atoms with Gasteiger partial charge in [-0.1, -0.05) is 164 Å². The summed E-state index contributed by atoms with van der Waals surface area (Å²) in [6.07, 6.45) is 0. The van der Waals surface area contributed by atoms with E-state index in [1.807, 2.05) is 0 Å². The first-order valence-corrected chi connectivity index (χ1v) is 19.7. The first-order valence-electron chi connectivity index (χ1n) is 19.7. The van der Waals surface area contributed by atoms with E-state index in [1.165, 1.54) is 77.4 Å². The van der Waals surface area contributed by atoms with Gasteiger partial charge in [-0.25, -0.2) is 0 Å². The Labute approximate surface area is 331 Å². The van der Waals surface area contributed by atoms with Gasteiger partial charge in [0.25, 0.3) is 0 Å². The van der Waals surface area contributed by atoms with Crippen molar-refractivity contribution in [3.63, 3.8) is 0 Å². The van der Waals surface area contributed by atoms with E-state index in [-0.39, 0.29) is 0 Å². The van der Waals surface area contributed by atoms with Crippen LogP contribution in [0.1, 0.15) is 22.3 Å². The number of fused-ring (bicyclic) bond motifs is 13. The van der Waals surface area contributed by atoms with Crippen LogP contribution in [0.15, 0.2) is 217 Å². The van der Waals surface area contributed by atoms with Crippen molar-refractivity contribution in [2.45, 2.75) is 5.41 Å². The van der Waals surface area contributed by atoms with Gasteiger partial charge in [-0.2, -0.15) is 0 Å². The summed E-state index contributed by atoms with van der Waals surface area (Å²) in [5.41, 5.74) is 17.5. The molecule has 1 aromatic heterocycles. The Hall–Kier alpha value is -7.42. The average molecular weight is 726 g/mol. The second-order valence-electron chi connectivity index (χ2n) is 15.2. The molecule has 0 bridgehead atoms. The van der Waals surface area contributed by atoms with Gasteiger partial charge in [-0.3, -0.25) is 0 Å². The monoisotopic (exact) mass is 725 g/mol. The summed E-state index contributed by atoms with van der Waals surface area (Å²) < 4.78 is 6.68. The summed E-state index contributed by atoms with van der Waals surface area (Å²) >= 11 is 0. The number of nitrogens with zero attached hydrogens (tertiary/aromatic N) is 1. The smallest absolute Gasteiger partial charge is 0.140 e. The van der Waals surface area contributed by atoms with Crippen molar-refractivity contribution in [1.82, 2.24) is 0 Å². The second-order valence-corrected chi connectivity index (χ2v) is 15.2. The number of para-hydroxylation sites is 2. The first kappa shape index (κ1) is 31.9. The zero-order valence-corrected chi connectivity index (χ0v) is 31.1. The van der Waals surface area contributed by atoms with Gasteiger partial charge in [-0.15, -0.1) is 0 Å². The predicted molar refractivity (Wildman–Crippen MR) is 236 cm³/mol. The lowest BCUT2D eigenvalue weighted by Gasteiger charge is -2.30. The molecule has 1 spiro atoms. The molecule has 0 amide bonds. The number of anilines is 3. The van der Waals surface area contributed by atoms with Crippen molar-refractivity contribution in [2.24, 2.45) is 0 Å². The molecule has 2 aliphatic carbocycles. The third kappa shape index (κ3) is 4.59. The van der Waals surface area contributed by atoms with Gasteiger partial charge in [0.05, 0.1) is 5.41 Å². The van der Waals surface area contributed by atoms with Crippen LogP contribution in [0.25, 0.3) is 66.4 Å². The Morgan fingerprint density at radius 2 is 0.895 bits per heavy atom. The maximum atomic E-state index is 6.68. The number of rotatable bonds is 5. The Bertz CT molecular complexity index is 3170. The molecule has 0 aliphatic heterocycles. The van der Waals surface area contributed by atoms with E-state index in [2.05, 4.69) is 217 Å². The normalized spacial score (nSPS) is 14.7. The molecule has 0 fully saturated rings. The summed E-state index contributed by atoms with van der Waals surface area (Å²) in [6.45, 7) is 0. The summed E-state index contributed by atoms with van der Waals surface area (Å²) in [7, 11) is 0. The Balaban J connectivity index is 0.952. The largest absolute Gasteiger partial charge is 0.456 e. The van der Waals surface area contributed by atoms with E-state index in [0.29, 0.717) is 0 Å². The fourth-order valence-electron chi connectivity index (χ4n) is 9.87.